The van der Waals surface area contributed by atoms with E-state index in [2.05, 4.69) is 19.6 Å². The maximum Gasteiger partial charge on any atom is 0.325 e. The molecule has 1 rings (SSSR count). The molecule has 0 saturated carbocycles. The van der Waals surface area contributed by atoms with Crippen LogP contribution < -0.4 is 5.73 Å². The first-order chi connectivity index (χ1) is 9.38. The second-order valence-electron chi connectivity index (χ2n) is 6.09. The van der Waals surface area contributed by atoms with Crippen molar-refractivity contribution < 1.29 is 14.3 Å². The summed E-state index contributed by atoms with van der Waals surface area (Å²) in [5.41, 5.74) is 6.80. The third-order valence-electron chi connectivity index (χ3n) is 2.81. The van der Waals surface area contributed by atoms with Crippen LogP contribution in [0.25, 0.3) is 0 Å². The average molecular weight is 295 g/mol. The zero-order valence-electron chi connectivity index (χ0n) is 12.6. The molecule has 0 spiro atoms. The number of ether oxygens (including phenoxy) is 2. The van der Waals surface area contributed by atoms with E-state index in [1.165, 1.54) is 0 Å². The van der Waals surface area contributed by atoms with Gasteiger partial charge in [0.2, 0.25) is 0 Å². The van der Waals surface area contributed by atoms with Gasteiger partial charge in [-0.2, -0.15) is 0 Å². The normalized spacial score (nSPS) is 13.0. The predicted octanol–water partition coefficient (Wildman–Crippen LogP) is 2.41. The molecule has 20 heavy (non-hydrogen) atoms. The molecule has 0 radical (unpaired) electrons. The standard InChI is InChI=1S/C15H25NO3Si/c1-20(2,3)10-9-19-15(17)14(16)12-18-11-13-7-5-4-6-8-13/h4-8,14H,9-12,16H2,1-3H3/t14-/m0/s1. The zero-order valence-corrected chi connectivity index (χ0v) is 13.6. The predicted molar refractivity (Wildman–Crippen MR) is 83.2 cm³/mol. The molecule has 5 heteroatoms. The molecule has 1 aromatic rings. The fraction of sp³-hybridized carbons (Fsp3) is 0.533. The molecule has 0 unspecified atom stereocenters. The highest BCUT2D eigenvalue weighted by Crippen LogP contribution is 2.08. The number of benzene rings is 1. The van der Waals surface area contributed by atoms with Gasteiger partial charge in [-0.15, -0.1) is 0 Å². The van der Waals surface area contributed by atoms with Crippen LogP contribution in [0, 0.1) is 0 Å². The van der Waals surface area contributed by atoms with Crippen molar-refractivity contribution in [2.45, 2.75) is 38.3 Å². The number of hydrogen-bond donors (Lipinski definition) is 1. The lowest BCUT2D eigenvalue weighted by Crippen LogP contribution is -2.37. The second kappa shape index (κ2) is 8.19. The fourth-order valence-corrected chi connectivity index (χ4v) is 2.23. The van der Waals surface area contributed by atoms with Crippen molar-refractivity contribution in [2.24, 2.45) is 5.73 Å². The summed E-state index contributed by atoms with van der Waals surface area (Å²) in [6.45, 7) is 7.82. The molecule has 1 aromatic carbocycles. The monoisotopic (exact) mass is 295 g/mol. The smallest absolute Gasteiger partial charge is 0.325 e. The lowest BCUT2D eigenvalue weighted by atomic mass is 10.2. The summed E-state index contributed by atoms with van der Waals surface area (Å²) in [5, 5.41) is 0. The van der Waals surface area contributed by atoms with Gasteiger partial charge in [-0.25, -0.2) is 0 Å². The molecule has 0 heterocycles. The Hall–Kier alpha value is -1.17. The Morgan fingerprint density at radius 1 is 1.25 bits per heavy atom. The first-order valence-electron chi connectivity index (χ1n) is 6.92. The van der Waals surface area contributed by atoms with Gasteiger partial charge in [0.15, 0.2) is 0 Å². The van der Waals surface area contributed by atoms with E-state index < -0.39 is 14.1 Å². The van der Waals surface area contributed by atoms with Gasteiger partial charge in [-0.1, -0.05) is 50.0 Å². The van der Waals surface area contributed by atoms with E-state index in [9.17, 15) is 4.79 Å². The summed E-state index contributed by atoms with van der Waals surface area (Å²) in [5.74, 6) is -0.378. The molecule has 1 atom stereocenters. The van der Waals surface area contributed by atoms with E-state index in [-0.39, 0.29) is 12.6 Å². The molecule has 0 aromatic heterocycles. The highest BCUT2D eigenvalue weighted by molar-refractivity contribution is 6.76. The third kappa shape index (κ3) is 7.42. The summed E-state index contributed by atoms with van der Waals surface area (Å²) in [6, 6.07) is 10.0. The van der Waals surface area contributed by atoms with Crippen molar-refractivity contribution >= 4 is 14.0 Å². The molecule has 0 aliphatic rings. The molecule has 2 N–H and O–H groups in total. The molecule has 0 amide bonds. The molecule has 112 valence electrons. The molecule has 0 bridgehead atoms. The molecule has 0 aliphatic carbocycles. The van der Waals surface area contributed by atoms with Crippen LogP contribution >= 0.6 is 0 Å². The highest BCUT2D eigenvalue weighted by Gasteiger charge is 2.18. The Bertz CT molecular complexity index is 403. The van der Waals surface area contributed by atoms with Crippen LogP contribution in [0.15, 0.2) is 30.3 Å². The van der Waals surface area contributed by atoms with Gasteiger partial charge in [0.05, 0.1) is 19.8 Å². The summed E-state index contributed by atoms with van der Waals surface area (Å²) < 4.78 is 10.6. The van der Waals surface area contributed by atoms with Crippen molar-refractivity contribution in [3.63, 3.8) is 0 Å². The number of esters is 1. The molecular formula is C15H25NO3Si. The van der Waals surface area contributed by atoms with Crippen molar-refractivity contribution in [3.8, 4) is 0 Å². The van der Waals surface area contributed by atoms with Crippen LogP contribution in [0.3, 0.4) is 0 Å². The van der Waals surface area contributed by atoms with E-state index in [4.69, 9.17) is 15.2 Å². The SMILES string of the molecule is C[Si](C)(C)CCOC(=O)[C@@H](N)COCc1ccccc1. The van der Waals surface area contributed by atoms with Gasteiger partial charge in [-0.05, 0) is 11.6 Å². The van der Waals surface area contributed by atoms with E-state index in [0.717, 1.165) is 11.6 Å². The summed E-state index contributed by atoms with van der Waals surface area (Å²) in [7, 11) is -1.18. The third-order valence-corrected chi connectivity index (χ3v) is 4.51. The average Bonchev–Trinajstić information content (AvgIpc) is 2.38. The van der Waals surface area contributed by atoms with Crippen LogP contribution in [0.2, 0.25) is 25.7 Å². The lowest BCUT2D eigenvalue weighted by molar-refractivity contribution is -0.146. The molecule has 0 saturated heterocycles. The Labute approximate surface area is 122 Å². The number of nitrogens with two attached hydrogens (primary N) is 1. The molecule has 4 nitrogen and oxygen atoms in total. The lowest BCUT2D eigenvalue weighted by Gasteiger charge is -2.17. The molecule has 0 aliphatic heterocycles. The Morgan fingerprint density at radius 3 is 2.50 bits per heavy atom. The number of rotatable bonds is 8. The van der Waals surface area contributed by atoms with Crippen LogP contribution in [0.1, 0.15) is 5.56 Å². The summed E-state index contributed by atoms with van der Waals surface area (Å²) >= 11 is 0. The zero-order chi connectivity index (χ0) is 15.0. The minimum atomic E-state index is -1.18. The Morgan fingerprint density at radius 2 is 1.90 bits per heavy atom. The first-order valence-corrected chi connectivity index (χ1v) is 10.6. The van der Waals surface area contributed by atoms with E-state index >= 15 is 0 Å². The van der Waals surface area contributed by atoms with Crippen LogP contribution in [-0.2, 0) is 20.9 Å². The Balaban J connectivity index is 2.18. The number of hydrogen-bond acceptors (Lipinski definition) is 4. The number of carbonyl (C=O) groups is 1. The van der Waals surface area contributed by atoms with E-state index in [1.54, 1.807) is 0 Å². The van der Waals surface area contributed by atoms with Crippen molar-refractivity contribution in [1.29, 1.82) is 0 Å². The molecule has 0 fully saturated rings. The van der Waals surface area contributed by atoms with Gasteiger partial charge in [-0.3, -0.25) is 4.79 Å². The van der Waals surface area contributed by atoms with Gasteiger partial charge >= 0.3 is 5.97 Å². The van der Waals surface area contributed by atoms with Crippen LogP contribution in [0.4, 0.5) is 0 Å². The quantitative estimate of drug-likeness (QED) is 0.591. The highest BCUT2D eigenvalue weighted by atomic mass is 28.3. The van der Waals surface area contributed by atoms with Gasteiger partial charge in [0, 0.05) is 8.07 Å². The van der Waals surface area contributed by atoms with Gasteiger partial charge in [0.1, 0.15) is 6.04 Å². The van der Waals surface area contributed by atoms with E-state index in [1.807, 2.05) is 30.3 Å². The van der Waals surface area contributed by atoms with Crippen LogP contribution in [0.5, 0.6) is 0 Å². The largest absolute Gasteiger partial charge is 0.465 e. The van der Waals surface area contributed by atoms with Crippen LogP contribution in [-0.4, -0.2) is 33.3 Å². The summed E-state index contributed by atoms with van der Waals surface area (Å²) in [4.78, 5) is 11.7. The maximum atomic E-state index is 11.7. The van der Waals surface area contributed by atoms with Crippen molar-refractivity contribution in [2.75, 3.05) is 13.2 Å². The second-order valence-corrected chi connectivity index (χ2v) is 11.7. The minimum Gasteiger partial charge on any atom is -0.465 e. The maximum absolute atomic E-state index is 11.7. The minimum absolute atomic E-state index is 0.181. The topological polar surface area (TPSA) is 61.5 Å². The van der Waals surface area contributed by atoms with Crippen molar-refractivity contribution in [1.82, 2.24) is 0 Å². The molecular weight excluding hydrogens is 270 g/mol. The first kappa shape index (κ1) is 16.9. The van der Waals surface area contributed by atoms with Crippen molar-refractivity contribution in [3.05, 3.63) is 35.9 Å². The van der Waals surface area contributed by atoms with Gasteiger partial charge in [0.25, 0.3) is 0 Å². The van der Waals surface area contributed by atoms with Gasteiger partial charge < -0.3 is 15.2 Å². The van der Waals surface area contributed by atoms with E-state index in [0.29, 0.717) is 13.2 Å². The Kier molecular flexibility index (Phi) is 6.91. The number of carbonyl (C=O) groups excluding carboxylic acids is 1. The fourth-order valence-electron chi connectivity index (χ4n) is 1.51. The summed E-state index contributed by atoms with van der Waals surface area (Å²) in [6.07, 6.45) is 0.